The van der Waals surface area contributed by atoms with Gasteiger partial charge >= 0.3 is 17.8 Å². The maximum atomic E-state index is 12.7. The number of hydrogen-bond acceptors (Lipinski definition) is 10. The van der Waals surface area contributed by atoms with Gasteiger partial charge in [0, 0.05) is 5.56 Å². The predicted octanol–water partition coefficient (Wildman–Crippen LogP) is 4.70. The van der Waals surface area contributed by atoms with E-state index < -0.39 is 17.8 Å². The summed E-state index contributed by atoms with van der Waals surface area (Å²) < 4.78 is 16.7. The summed E-state index contributed by atoms with van der Waals surface area (Å²) in [5.74, 6) is -1.29. The molecule has 2 amide bonds. The molecule has 2 N–H and O–H groups in total. The van der Waals surface area contributed by atoms with E-state index in [-0.39, 0.29) is 10.9 Å². The third kappa shape index (κ3) is 8.19. The predicted molar refractivity (Wildman–Crippen MR) is 155 cm³/mol. The minimum Gasteiger partial charge on any atom is -0.494 e. The number of anilines is 1. The molecule has 1 heterocycles. The Bertz CT molecular complexity index is 1520. The lowest BCUT2D eigenvalue weighted by Crippen LogP contribution is -2.32. The molecule has 0 bridgehead atoms. The van der Waals surface area contributed by atoms with Gasteiger partial charge in [-0.15, -0.1) is 10.2 Å². The zero-order valence-electron chi connectivity index (χ0n) is 22.3. The quantitative estimate of drug-likeness (QED) is 0.0865. The summed E-state index contributed by atoms with van der Waals surface area (Å²) in [6.07, 6.45) is 2.21. The SMILES string of the molecule is CCCOc1ccc(C(=O)Oc2ccc(/C=N\NC(=O)C(=O)Nc3nnc(-c4ccccc4)s3)cc2OCC)cc1. The highest BCUT2D eigenvalue weighted by Gasteiger charge is 2.17. The summed E-state index contributed by atoms with van der Waals surface area (Å²) in [4.78, 5) is 37.1. The van der Waals surface area contributed by atoms with Gasteiger partial charge in [-0.1, -0.05) is 48.6 Å². The Morgan fingerprint density at radius 3 is 2.41 bits per heavy atom. The first-order valence-corrected chi connectivity index (χ1v) is 13.5. The number of nitrogens with zero attached hydrogens (tertiary/aromatic N) is 3. The Morgan fingerprint density at radius 1 is 0.902 bits per heavy atom. The van der Waals surface area contributed by atoms with Crippen LogP contribution >= 0.6 is 11.3 Å². The van der Waals surface area contributed by atoms with Crippen LogP contribution in [0.1, 0.15) is 36.2 Å². The monoisotopic (exact) mass is 573 g/mol. The zero-order valence-corrected chi connectivity index (χ0v) is 23.1. The fraction of sp³-hybridized carbons (Fsp3) is 0.172. The molecule has 3 aromatic carbocycles. The summed E-state index contributed by atoms with van der Waals surface area (Å²) >= 11 is 1.14. The second kappa shape index (κ2) is 14.3. The molecular weight excluding hydrogens is 546 g/mol. The van der Waals surface area contributed by atoms with E-state index in [1.165, 1.54) is 6.21 Å². The first-order chi connectivity index (χ1) is 20.0. The third-order valence-electron chi connectivity index (χ3n) is 5.29. The molecule has 0 aliphatic heterocycles. The van der Waals surface area contributed by atoms with Crippen LogP contribution in [0.2, 0.25) is 0 Å². The van der Waals surface area contributed by atoms with Gasteiger partial charge < -0.3 is 14.2 Å². The van der Waals surface area contributed by atoms with Crippen LogP contribution in [0, 0.1) is 0 Å². The van der Waals surface area contributed by atoms with Crippen molar-refractivity contribution in [2.24, 2.45) is 5.10 Å². The van der Waals surface area contributed by atoms with Gasteiger partial charge in [0.2, 0.25) is 5.13 Å². The molecule has 0 fully saturated rings. The number of esters is 1. The summed E-state index contributed by atoms with van der Waals surface area (Å²) in [6.45, 7) is 4.72. The number of carbonyl (C=O) groups excluding carboxylic acids is 3. The number of aromatic nitrogens is 2. The molecule has 0 saturated heterocycles. The Morgan fingerprint density at radius 2 is 1.68 bits per heavy atom. The molecule has 0 spiro atoms. The maximum Gasteiger partial charge on any atom is 0.343 e. The van der Waals surface area contributed by atoms with E-state index in [1.807, 2.05) is 37.3 Å². The smallest absolute Gasteiger partial charge is 0.343 e. The standard InChI is InChI=1S/C29H27N5O6S/c1-3-16-39-22-13-11-21(12-14-22)28(37)40-23-15-10-19(17-24(23)38-4-2)18-30-32-26(36)25(35)31-29-34-33-27(41-29)20-8-6-5-7-9-20/h5-15,17-18H,3-4,16H2,1-2H3,(H,32,36)(H,31,34,35)/b30-18-. The van der Waals surface area contributed by atoms with Gasteiger partial charge in [0.1, 0.15) is 10.8 Å². The Labute approximate surface area is 240 Å². The normalized spacial score (nSPS) is 10.7. The Kier molecular flexibility index (Phi) is 10.1. The van der Waals surface area contributed by atoms with Crippen molar-refractivity contribution in [3.63, 3.8) is 0 Å². The first-order valence-electron chi connectivity index (χ1n) is 12.7. The summed E-state index contributed by atoms with van der Waals surface area (Å²) in [5, 5.41) is 14.9. The molecular formula is C29H27N5O6S. The van der Waals surface area contributed by atoms with Crippen molar-refractivity contribution in [2.75, 3.05) is 18.5 Å². The number of rotatable bonds is 11. The number of nitrogens with one attached hydrogen (secondary N) is 2. The van der Waals surface area contributed by atoms with Crippen molar-refractivity contribution in [2.45, 2.75) is 20.3 Å². The highest BCUT2D eigenvalue weighted by molar-refractivity contribution is 7.18. The van der Waals surface area contributed by atoms with Crippen LogP contribution in [0.3, 0.4) is 0 Å². The maximum absolute atomic E-state index is 12.7. The lowest BCUT2D eigenvalue weighted by atomic mass is 10.2. The second-order valence-corrected chi connectivity index (χ2v) is 9.31. The fourth-order valence-electron chi connectivity index (χ4n) is 3.36. The molecule has 0 radical (unpaired) electrons. The Hall–Kier alpha value is -5.10. The number of benzene rings is 3. The average Bonchev–Trinajstić information content (AvgIpc) is 3.46. The first kappa shape index (κ1) is 28.9. The van der Waals surface area contributed by atoms with Gasteiger partial charge in [0.15, 0.2) is 11.5 Å². The van der Waals surface area contributed by atoms with Gasteiger partial charge in [-0.2, -0.15) is 5.10 Å². The molecule has 210 valence electrons. The van der Waals surface area contributed by atoms with Crippen molar-refractivity contribution in [3.05, 3.63) is 83.9 Å². The molecule has 4 aromatic rings. The van der Waals surface area contributed by atoms with Gasteiger partial charge in [-0.25, -0.2) is 10.2 Å². The number of carbonyl (C=O) groups is 3. The molecule has 0 aliphatic carbocycles. The topological polar surface area (TPSA) is 141 Å². The van der Waals surface area contributed by atoms with E-state index in [9.17, 15) is 14.4 Å². The molecule has 4 rings (SSSR count). The Balaban J connectivity index is 1.33. The van der Waals surface area contributed by atoms with E-state index in [1.54, 1.807) is 49.4 Å². The number of ether oxygens (including phenoxy) is 3. The van der Waals surface area contributed by atoms with E-state index in [2.05, 4.69) is 26.0 Å². The van der Waals surface area contributed by atoms with Crippen LogP contribution in [0.5, 0.6) is 17.2 Å². The molecule has 0 unspecified atom stereocenters. The number of amides is 2. The average molecular weight is 574 g/mol. The van der Waals surface area contributed by atoms with Gasteiger partial charge in [0.25, 0.3) is 0 Å². The van der Waals surface area contributed by atoms with Crippen LogP contribution in [0.15, 0.2) is 77.9 Å². The van der Waals surface area contributed by atoms with E-state index in [4.69, 9.17) is 14.2 Å². The summed E-state index contributed by atoms with van der Waals surface area (Å²) in [7, 11) is 0. The van der Waals surface area contributed by atoms with Gasteiger partial charge in [-0.3, -0.25) is 14.9 Å². The summed E-state index contributed by atoms with van der Waals surface area (Å²) in [6, 6.07) is 20.8. The lowest BCUT2D eigenvalue weighted by Gasteiger charge is -2.11. The van der Waals surface area contributed by atoms with E-state index in [0.717, 1.165) is 23.3 Å². The molecule has 1 aromatic heterocycles. The zero-order chi connectivity index (χ0) is 29.0. The van der Waals surface area contributed by atoms with Crippen molar-refractivity contribution in [3.8, 4) is 27.8 Å². The summed E-state index contributed by atoms with van der Waals surface area (Å²) in [5.41, 5.74) is 3.90. The molecule has 0 saturated carbocycles. The van der Waals surface area contributed by atoms with Crippen LogP contribution < -0.4 is 25.0 Å². The van der Waals surface area contributed by atoms with Crippen molar-refractivity contribution in [1.82, 2.24) is 15.6 Å². The van der Waals surface area contributed by atoms with Crippen LogP contribution in [-0.2, 0) is 9.59 Å². The minimum absolute atomic E-state index is 0.181. The largest absolute Gasteiger partial charge is 0.494 e. The number of hydrazone groups is 1. The van der Waals surface area contributed by atoms with Crippen molar-refractivity contribution in [1.29, 1.82) is 0 Å². The lowest BCUT2D eigenvalue weighted by molar-refractivity contribution is -0.136. The highest BCUT2D eigenvalue weighted by atomic mass is 32.1. The van der Waals surface area contributed by atoms with Crippen LogP contribution in [0.4, 0.5) is 5.13 Å². The van der Waals surface area contributed by atoms with Crippen molar-refractivity contribution >= 4 is 40.5 Å². The van der Waals surface area contributed by atoms with E-state index in [0.29, 0.717) is 40.8 Å². The molecule has 41 heavy (non-hydrogen) atoms. The molecule has 0 aliphatic rings. The number of hydrogen-bond donors (Lipinski definition) is 2. The van der Waals surface area contributed by atoms with Crippen LogP contribution in [-0.4, -0.2) is 47.4 Å². The van der Waals surface area contributed by atoms with Crippen molar-refractivity contribution < 1.29 is 28.6 Å². The second-order valence-electron chi connectivity index (χ2n) is 8.33. The molecule has 0 atom stereocenters. The highest BCUT2D eigenvalue weighted by Crippen LogP contribution is 2.29. The van der Waals surface area contributed by atoms with Gasteiger partial charge in [0.05, 0.1) is 25.0 Å². The molecule has 12 heteroatoms. The van der Waals surface area contributed by atoms with E-state index >= 15 is 0 Å². The molecule has 11 nitrogen and oxygen atoms in total. The fourth-order valence-corrected chi connectivity index (χ4v) is 4.11. The van der Waals surface area contributed by atoms with Gasteiger partial charge in [-0.05, 0) is 61.4 Å². The third-order valence-corrected chi connectivity index (χ3v) is 6.17. The van der Waals surface area contributed by atoms with Crippen LogP contribution in [0.25, 0.3) is 10.6 Å². The minimum atomic E-state index is -0.987.